The minimum absolute atomic E-state index is 0.0259. The van der Waals surface area contributed by atoms with Crippen LogP contribution in [0.1, 0.15) is 16.2 Å². The summed E-state index contributed by atoms with van der Waals surface area (Å²) in [4.78, 5) is 25.3. The molecule has 3 aromatic rings. The monoisotopic (exact) mass is 501 g/mol. The first-order valence-corrected chi connectivity index (χ1v) is 10.5. The topological polar surface area (TPSA) is 93.2 Å². The van der Waals surface area contributed by atoms with Gasteiger partial charge in [0, 0.05) is 7.05 Å². The Hall–Kier alpha value is -2.46. The van der Waals surface area contributed by atoms with Crippen molar-refractivity contribution in [2.24, 2.45) is 7.05 Å². The van der Waals surface area contributed by atoms with Gasteiger partial charge in [0.25, 0.3) is 11.5 Å². The molecular weight excluding hydrogens is 485 g/mol. The highest BCUT2D eigenvalue weighted by Gasteiger charge is 2.35. The lowest BCUT2D eigenvalue weighted by atomic mass is 10.3. The third-order valence-electron chi connectivity index (χ3n) is 4.42. The zero-order chi connectivity index (χ0) is 22.8. The lowest BCUT2D eigenvalue weighted by molar-refractivity contribution is 0.0906. The van der Waals surface area contributed by atoms with E-state index >= 15 is 0 Å². The second-order valence-electron chi connectivity index (χ2n) is 6.46. The van der Waals surface area contributed by atoms with Crippen LogP contribution in [-0.4, -0.2) is 30.3 Å². The van der Waals surface area contributed by atoms with Gasteiger partial charge in [-0.25, -0.2) is 4.68 Å². The molecule has 0 aliphatic heterocycles. The number of carbonyl (C=O) groups excluding carboxylic acids is 1. The Kier molecular flexibility index (Phi) is 7.00. The molecule has 2 aromatic heterocycles. The molecule has 1 atom stereocenters. The van der Waals surface area contributed by atoms with Crippen molar-refractivity contribution >= 4 is 63.7 Å². The van der Waals surface area contributed by atoms with E-state index in [1.54, 1.807) is 24.7 Å². The summed E-state index contributed by atoms with van der Waals surface area (Å²) in [5, 5.41) is 8.02. The van der Waals surface area contributed by atoms with Crippen LogP contribution >= 0.6 is 47.0 Å². The van der Waals surface area contributed by atoms with Crippen LogP contribution in [0.5, 0.6) is 0 Å². The molecule has 8 nitrogen and oxygen atoms in total. The fraction of sp³-hybridized carbons (Fsp3) is 0.211. The number of nitrogens with one attached hydrogen (secondary N) is 3. The predicted molar refractivity (Wildman–Crippen MR) is 125 cm³/mol. The van der Waals surface area contributed by atoms with Crippen LogP contribution < -0.4 is 21.5 Å². The quantitative estimate of drug-likeness (QED) is 0.281. The summed E-state index contributed by atoms with van der Waals surface area (Å²) in [5.74, 6) is -0.580. The van der Waals surface area contributed by atoms with Gasteiger partial charge in [0.2, 0.25) is 3.79 Å². The first-order chi connectivity index (χ1) is 14.6. The number of para-hydroxylation sites is 1. The smallest absolute Gasteiger partial charge is 0.295 e. The molecule has 12 heteroatoms. The van der Waals surface area contributed by atoms with Crippen molar-refractivity contribution in [3.8, 4) is 5.69 Å². The van der Waals surface area contributed by atoms with Gasteiger partial charge in [-0.15, -0.1) is 0 Å². The Bertz CT molecular complexity index is 1140. The largest absolute Gasteiger partial charge is 0.459 e. The van der Waals surface area contributed by atoms with E-state index in [1.807, 2.05) is 30.3 Å². The van der Waals surface area contributed by atoms with Crippen molar-refractivity contribution in [3.05, 3.63) is 70.5 Å². The zero-order valence-corrected chi connectivity index (χ0v) is 19.4. The van der Waals surface area contributed by atoms with Crippen LogP contribution in [0.25, 0.3) is 5.69 Å². The van der Waals surface area contributed by atoms with E-state index in [1.165, 1.54) is 17.0 Å². The third kappa shape index (κ3) is 5.24. The second kappa shape index (κ2) is 9.35. The van der Waals surface area contributed by atoms with Crippen molar-refractivity contribution in [1.29, 1.82) is 0 Å². The second-order valence-corrected chi connectivity index (χ2v) is 9.24. The number of nitrogens with zero attached hydrogens (tertiary/aromatic N) is 2. The maximum Gasteiger partial charge on any atom is 0.295 e. The number of hydrogen-bond acceptors (Lipinski definition) is 4. The molecule has 0 aliphatic rings. The zero-order valence-electron chi connectivity index (χ0n) is 16.4. The molecular formula is C19H18Cl3N5O3S. The summed E-state index contributed by atoms with van der Waals surface area (Å²) in [7, 11) is 1.75. The van der Waals surface area contributed by atoms with E-state index in [0.717, 1.165) is 0 Å². The van der Waals surface area contributed by atoms with E-state index in [2.05, 4.69) is 16.0 Å². The van der Waals surface area contributed by atoms with Crippen molar-refractivity contribution < 1.29 is 9.21 Å². The number of hydrogen-bond donors (Lipinski definition) is 3. The van der Waals surface area contributed by atoms with E-state index in [4.69, 9.17) is 51.4 Å². The standard InChI is InChI=1S/C19H18Cl3N5O3S/c1-11-14(16(29)27(26(11)2)12-7-4-3-5-8-12)23-18(31)25-17(19(20,21)22)24-15(28)13-9-6-10-30-13/h3-10,17H,1-2H3,(H,24,28)(H2,23,25,31)/t17-/m1/s1. The molecule has 0 spiro atoms. The van der Waals surface area contributed by atoms with Gasteiger partial charge < -0.3 is 20.4 Å². The van der Waals surface area contributed by atoms with Crippen molar-refractivity contribution in [2.75, 3.05) is 5.32 Å². The molecule has 164 valence electrons. The Morgan fingerprint density at radius 3 is 2.39 bits per heavy atom. The first-order valence-electron chi connectivity index (χ1n) is 8.92. The number of aromatic nitrogens is 2. The van der Waals surface area contributed by atoms with E-state index in [0.29, 0.717) is 11.4 Å². The highest BCUT2D eigenvalue weighted by molar-refractivity contribution is 7.80. The van der Waals surface area contributed by atoms with Crippen LogP contribution in [0.4, 0.5) is 5.69 Å². The van der Waals surface area contributed by atoms with E-state index < -0.39 is 15.9 Å². The molecule has 0 fully saturated rings. The molecule has 3 N–H and O–H groups in total. The Morgan fingerprint density at radius 2 is 1.81 bits per heavy atom. The summed E-state index contributed by atoms with van der Waals surface area (Å²) < 4.78 is 6.26. The molecule has 0 bridgehead atoms. The first kappa shape index (κ1) is 23.2. The molecule has 0 aliphatic carbocycles. The molecule has 0 radical (unpaired) electrons. The number of benzene rings is 1. The fourth-order valence-electron chi connectivity index (χ4n) is 2.80. The van der Waals surface area contributed by atoms with Gasteiger partial charge in [-0.2, -0.15) is 0 Å². The molecule has 1 aromatic carbocycles. The SMILES string of the molecule is Cc1c(NC(=S)N[C@@H](NC(=O)c2ccco2)C(Cl)(Cl)Cl)c(=O)n(-c2ccccc2)n1C. The maximum atomic E-state index is 13.0. The number of rotatable bonds is 5. The highest BCUT2D eigenvalue weighted by Crippen LogP contribution is 2.29. The van der Waals surface area contributed by atoms with Crippen LogP contribution in [0.15, 0.2) is 57.9 Å². The van der Waals surface area contributed by atoms with Gasteiger partial charge >= 0.3 is 0 Å². The number of carbonyl (C=O) groups is 1. The Balaban J connectivity index is 1.80. The van der Waals surface area contributed by atoms with Crippen molar-refractivity contribution in [3.63, 3.8) is 0 Å². The number of amides is 1. The molecule has 1 amide bonds. The van der Waals surface area contributed by atoms with Gasteiger partial charge in [0.05, 0.1) is 17.6 Å². The Labute approximate surface area is 198 Å². The predicted octanol–water partition coefficient (Wildman–Crippen LogP) is 3.49. The number of halogens is 3. The Morgan fingerprint density at radius 1 is 1.13 bits per heavy atom. The average molecular weight is 503 g/mol. The van der Waals surface area contributed by atoms with Gasteiger partial charge in [0.15, 0.2) is 10.9 Å². The van der Waals surface area contributed by atoms with Gasteiger partial charge in [-0.3, -0.25) is 14.3 Å². The third-order valence-corrected chi connectivity index (χ3v) is 5.29. The van der Waals surface area contributed by atoms with Gasteiger partial charge in [0.1, 0.15) is 11.9 Å². The number of anilines is 1. The minimum Gasteiger partial charge on any atom is -0.459 e. The fourth-order valence-corrected chi connectivity index (χ4v) is 3.35. The summed E-state index contributed by atoms with van der Waals surface area (Å²) in [5.41, 5.74) is 1.24. The number of thiocarbonyl (C=S) groups is 1. The summed E-state index contributed by atoms with van der Waals surface area (Å²) >= 11 is 23.3. The maximum absolute atomic E-state index is 13.0. The molecule has 0 saturated heterocycles. The highest BCUT2D eigenvalue weighted by atomic mass is 35.6. The number of furan rings is 1. The molecule has 0 unspecified atom stereocenters. The lowest BCUT2D eigenvalue weighted by Gasteiger charge is -2.27. The number of alkyl halides is 3. The van der Waals surface area contributed by atoms with Gasteiger partial charge in [-0.1, -0.05) is 53.0 Å². The van der Waals surface area contributed by atoms with Crippen LogP contribution in [0.3, 0.4) is 0 Å². The normalized spacial score (nSPS) is 12.3. The van der Waals surface area contributed by atoms with Crippen molar-refractivity contribution in [2.45, 2.75) is 16.9 Å². The molecule has 31 heavy (non-hydrogen) atoms. The minimum atomic E-state index is -1.95. The van der Waals surface area contributed by atoms with Crippen LogP contribution in [-0.2, 0) is 7.05 Å². The summed E-state index contributed by atoms with van der Waals surface area (Å²) in [6, 6.07) is 12.1. The summed E-state index contributed by atoms with van der Waals surface area (Å²) in [6.07, 6.45) is 0.130. The van der Waals surface area contributed by atoms with Crippen molar-refractivity contribution in [1.82, 2.24) is 20.0 Å². The lowest BCUT2D eigenvalue weighted by Crippen LogP contribution is -2.56. The van der Waals surface area contributed by atoms with Crippen LogP contribution in [0, 0.1) is 6.92 Å². The van der Waals surface area contributed by atoms with E-state index in [-0.39, 0.29) is 22.1 Å². The van der Waals surface area contributed by atoms with Crippen LogP contribution in [0.2, 0.25) is 0 Å². The molecule has 0 saturated carbocycles. The van der Waals surface area contributed by atoms with Gasteiger partial charge in [-0.05, 0) is 43.4 Å². The average Bonchev–Trinajstić information content (AvgIpc) is 3.32. The van der Waals surface area contributed by atoms with E-state index in [9.17, 15) is 9.59 Å². The molecule has 3 rings (SSSR count). The molecule has 2 heterocycles. The summed E-state index contributed by atoms with van der Waals surface area (Å²) in [6.45, 7) is 1.76.